The molecule has 0 saturated carbocycles. The minimum Gasteiger partial charge on any atom is -0.454 e. The number of pyridine rings is 2. The molecule has 0 bridgehead atoms. The van der Waals surface area contributed by atoms with Gasteiger partial charge in [0.2, 0.25) is 6.79 Å². The summed E-state index contributed by atoms with van der Waals surface area (Å²) in [7, 11) is 1.63. The fourth-order valence-corrected chi connectivity index (χ4v) is 3.68. The number of aryl methyl sites for hydroxylation is 2. The van der Waals surface area contributed by atoms with E-state index in [2.05, 4.69) is 10.3 Å². The molecule has 9 heteroatoms. The molecule has 5 rings (SSSR count). The molecular weight excluding hydrogens is 398 g/mol. The second-order valence-corrected chi connectivity index (χ2v) is 7.37. The lowest BCUT2D eigenvalue weighted by Gasteiger charge is -2.12. The first-order valence-corrected chi connectivity index (χ1v) is 9.67. The van der Waals surface area contributed by atoms with E-state index in [0.717, 1.165) is 11.1 Å². The van der Waals surface area contributed by atoms with E-state index in [1.807, 2.05) is 19.1 Å². The molecule has 0 radical (unpaired) electrons. The number of carbonyl (C=O) groups excluding carboxylic acids is 1. The maximum absolute atomic E-state index is 13.1. The second kappa shape index (κ2) is 6.98. The van der Waals surface area contributed by atoms with Crippen LogP contribution in [0, 0.1) is 12.3 Å². The number of rotatable bonds is 3. The summed E-state index contributed by atoms with van der Waals surface area (Å²) >= 11 is 0. The average Bonchev–Trinajstić information content (AvgIpc) is 3.23. The number of ether oxygens (including phenoxy) is 2. The van der Waals surface area contributed by atoms with Crippen LogP contribution in [-0.2, 0) is 13.6 Å². The first kappa shape index (κ1) is 18.9. The van der Waals surface area contributed by atoms with E-state index in [-0.39, 0.29) is 35.3 Å². The molecule has 1 amide bonds. The summed E-state index contributed by atoms with van der Waals surface area (Å²) in [6.07, 6.45) is 1.64. The Bertz CT molecular complexity index is 1500. The van der Waals surface area contributed by atoms with Gasteiger partial charge >= 0.3 is 0 Å². The van der Waals surface area contributed by atoms with Crippen molar-refractivity contribution in [1.29, 1.82) is 5.41 Å². The molecule has 0 fully saturated rings. The van der Waals surface area contributed by atoms with E-state index in [9.17, 15) is 9.59 Å². The number of fused-ring (bicyclic) bond motifs is 3. The van der Waals surface area contributed by atoms with Gasteiger partial charge in [-0.2, -0.15) is 0 Å². The standard InChI is InChI=1S/C22H19N5O4/c1-12-4-3-7-27-19(12)25-20-15(22(27)29)9-14(18(23)26(20)2)21(28)24-10-13-5-6-16-17(8-13)31-11-30-16/h3-9,23H,10-11H2,1-2H3,(H,24,28). The van der Waals surface area contributed by atoms with Crippen molar-refractivity contribution in [2.75, 3.05) is 6.79 Å². The van der Waals surface area contributed by atoms with Gasteiger partial charge in [0.25, 0.3) is 11.5 Å². The maximum Gasteiger partial charge on any atom is 0.267 e. The molecule has 0 spiro atoms. The third kappa shape index (κ3) is 3.02. The van der Waals surface area contributed by atoms with Gasteiger partial charge in [0.05, 0.1) is 10.9 Å². The summed E-state index contributed by atoms with van der Waals surface area (Å²) < 4.78 is 13.6. The second-order valence-electron chi connectivity index (χ2n) is 7.37. The molecule has 1 aliphatic heterocycles. The van der Waals surface area contributed by atoms with E-state index < -0.39 is 5.91 Å². The zero-order valence-corrected chi connectivity index (χ0v) is 16.9. The van der Waals surface area contributed by atoms with E-state index >= 15 is 0 Å². The lowest BCUT2D eigenvalue weighted by molar-refractivity contribution is 0.0948. The van der Waals surface area contributed by atoms with Crippen LogP contribution in [0.3, 0.4) is 0 Å². The molecule has 0 aliphatic carbocycles. The van der Waals surface area contributed by atoms with Crippen LogP contribution < -0.4 is 25.8 Å². The van der Waals surface area contributed by atoms with Crippen LogP contribution in [0.2, 0.25) is 0 Å². The van der Waals surface area contributed by atoms with Crippen LogP contribution in [-0.4, -0.2) is 26.7 Å². The monoisotopic (exact) mass is 417 g/mol. The Morgan fingerprint density at radius 3 is 2.84 bits per heavy atom. The molecule has 0 unspecified atom stereocenters. The molecule has 156 valence electrons. The Balaban J connectivity index is 1.53. The molecule has 1 aromatic carbocycles. The van der Waals surface area contributed by atoms with Crippen LogP contribution in [0.25, 0.3) is 16.7 Å². The fraction of sp³-hybridized carbons (Fsp3) is 0.182. The SMILES string of the molecule is Cc1cccn2c(=O)c3cc(C(=O)NCc4ccc5c(c4)OCO5)c(=N)n(C)c3nc12. The van der Waals surface area contributed by atoms with Gasteiger partial charge in [-0.25, -0.2) is 4.98 Å². The Morgan fingerprint density at radius 2 is 2.00 bits per heavy atom. The van der Waals surface area contributed by atoms with Gasteiger partial charge in [-0.1, -0.05) is 12.1 Å². The van der Waals surface area contributed by atoms with E-state index in [1.165, 1.54) is 15.0 Å². The van der Waals surface area contributed by atoms with Crippen molar-refractivity contribution >= 4 is 22.6 Å². The van der Waals surface area contributed by atoms with E-state index in [4.69, 9.17) is 14.9 Å². The fourth-order valence-electron chi connectivity index (χ4n) is 3.68. The third-order valence-corrected chi connectivity index (χ3v) is 5.40. The first-order chi connectivity index (χ1) is 14.9. The van der Waals surface area contributed by atoms with Crippen molar-refractivity contribution in [3.8, 4) is 11.5 Å². The predicted molar refractivity (Wildman–Crippen MR) is 112 cm³/mol. The van der Waals surface area contributed by atoms with Crippen molar-refractivity contribution in [2.45, 2.75) is 13.5 Å². The number of amides is 1. The number of nitrogens with one attached hydrogen (secondary N) is 2. The predicted octanol–water partition coefficient (Wildman–Crippen LogP) is 1.63. The molecule has 4 heterocycles. The van der Waals surface area contributed by atoms with Crippen molar-refractivity contribution in [3.05, 3.63) is 75.1 Å². The van der Waals surface area contributed by atoms with Gasteiger partial charge < -0.3 is 19.4 Å². The highest BCUT2D eigenvalue weighted by Crippen LogP contribution is 2.32. The summed E-state index contributed by atoms with van der Waals surface area (Å²) in [5.74, 6) is 0.848. The van der Waals surface area contributed by atoms with Crippen LogP contribution >= 0.6 is 0 Å². The number of nitrogens with zero attached hydrogens (tertiary/aromatic N) is 3. The molecule has 31 heavy (non-hydrogen) atoms. The van der Waals surface area contributed by atoms with Gasteiger partial charge in [-0.3, -0.25) is 19.4 Å². The molecule has 4 aromatic rings. The Morgan fingerprint density at radius 1 is 1.19 bits per heavy atom. The van der Waals surface area contributed by atoms with Crippen LogP contribution in [0.4, 0.5) is 0 Å². The van der Waals surface area contributed by atoms with E-state index in [0.29, 0.717) is 22.8 Å². The number of benzene rings is 1. The highest BCUT2D eigenvalue weighted by Gasteiger charge is 2.17. The zero-order chi connectivity index (χ0) is 21.7. The zero-order valence-electron chi connectivity index (χ0n) is 16.9. The summed E-state index contributed by atoms with van der Waals surface area (Å²) in [5, 5.41) is 11.5. The average molecular weight is 417 g/mol. The quantitative estimate of drug-likeness (QED) is 0.492. The molecule has 0 atom stereocenters. The van der Waals surface area contributed by atoms with Gasteiger partial charge in [0.15, 0.2) is 11.5 Å². The summed E-state index contributed by atoms with van der Waals surface area (Å²) in [6, 6.07) is 10.5. The molecule has 9 nitrogen and oxygen atoms in total. The molecular formula is C22H19N5O4. The molecule has 0 saturated heterocycles. The summed E-state index contributed by atoms with van der Waals surface area (Å²) in [6.45, 7) is 2.29. The largest absolute Gasteiger partial charge is 0.454 e. The van der Waals surface area contributed by atoms with Crippen molar-refractivity contribution in [3.63, 3.8) is 0 Å². The van der Waals surface area contributed by atoms with Gasteiger partial charge in [0, 0.05) is 19.8 Å². The smallest absolute Gasteiger partial charge is 0.267 e. The van der Waals surface area contributed by atoms with Gasteiger partial charge in [-0.15, -0.1) is 0 Å². The number of aromatic nitrogens is 3. The van der Waals surface area contributed by atoms with Crippen LogP contribution in [0.1, 0.15) is 21.5 Å². The van der Waals surface area contributed by atoms with Gasteiger partial charge in [0.1, 0.15) is 16.8 Å². The number of hydrogen-bond acceptors (Lipinski definition) is 6. The highest BCUT2D eigenvalue weighted by atomic mass is 16.7. The number of hydrogen-bond donors (Lipinski definition) is 2. The van der Waals surface area contributed by atoms with Crippen molar-refractivity contribution in [1.82, 2.24) is 19.3 Å². The lowest BCUT2D eigenvalue weighted by Crippen LogP contribution is -2.33. The van der Waals surface area contributed by atoms with Crippen molar-refractivity contribution in [2.24, 2.45) is 7.05 Å². The third-order valence-electron chi connectivity index (χ3n) is 5.40. The van der Waals surface area contributed by atoms with E-state index in [1.54, 1.807) is 31.4 Å². The van der Waals surface area contributed by atoms with Crippen LogP contribution in [0.15, 0.2) is 47.4 Å². The highest BCUT2D eigenvalue weighted by molar-refractivity contribution is 5.96. The number of carbonyl (C=O) groups is 1. The Kier molecular flexibility index (Phi) is 4.25. The lowest BCUT2D eigenvalue weighted by atomic mass is 10.1. The minimum atomic E-state index is -0.450. The van der Waals surface area contributed by atoms with Crippen molar-refractivity contribution < 1.29 is 14.3 Å². The molecule has 2 N–H and O–H groups in total. The minimum absolute atomic E-state index is 0.0273. The Hall–Kier alpha value is -4.14. The summed E-state index contributed by atoms with van der Waals surface area (Å²) in [4.78, 5) is 30.5. The van der Waals surface area contributed by atoms with Gasteiger partial charge in [-0.05, 0) is 42.3 Å². The molecule has 1 aliphatic rings. The topological polar surface area (TPSA) is 111 Å². The first-order valence-electron chi connectivity index (χ1n) is 9.67. The summed E-state index contributed by atoms with van der Waals surface area (Å²) in [5.41, 5.74) is 2.34. The van der Waals surface area contributed by atoms with Crippen LogP contribution in [0.5, 0.6) is 11.5 Å². The molecule has 3 aromatic heterocycles. The maximum atomic E-state index is 13.1. The normalized spacial score (nSPS) is 12.5. The Labute approximate surface area is 176 Å².